The molecule has 3 nitrogen and oxygen atoms in total. The minimum atomic E-state index is -4.46. The molecule has 0 saturated heterocycles. The van der Waals surface area contributed by atoms with Crippen LogP contribution >= 0.6 is 28.3 Å². The fourth-order valence-electron chi connectivity index (χ4n) is 2.32. The average Bonchev–Trinajstić information content (AvgIpc) is 2.77. The van der Waals surface area contributed by atoms with Crippen molar-refractivity contribution in [2.45, 2.75) is 31.5 Å². The number of carbonyl (C=O) groups excluding carboxylic acids is 1. The van der Waals surface area contributed by atoms with Crippen LogP contribution in [0.2, 0.25) is 0 Å². The van der Waals surface area contributed by atoms with Crippen LogP contribution in [0.4, 0.5) is 18.9 Å². The molecule has 3 N–H and O–H groups in total. The highest BCUT2D eigenvalue weighted by Crippen LogP contribution is 2.36. The van der Waals surface area contributed by atoms with Crippen LogP contribution in [0.5, 0.6) is 0 Å². The van der Waals surface area contributed by atoms with Gasteiger partial charge in [0.05, 0.1) is 5.56 Å². The monoisotopic (exact) mass is 386 g/mol. The predicted octanol–water partition coefficient (Wildman–Crippen LogP) is 3.96. The third kappa shape index (κ3) is 4.59. The van der Waals surface area contributed by atoms with E-state index < -0.39 is 11.7 Å². The van der Waals surface area contributed by atoms with Gasteiger partial charge in [-0.25, -0.2) is 0 Å². The maximum absolute atomic E-state index is 12.8. The molecule has 0 heterocycles. The summed E-state index contributed by atoms with van der Waals surface area (Å²) in [5.74, 6) is -0.489. The molecule has 1 aliphatic rings. The van der Waals surface area contributed by atoms with E-state index in [1.807, 2.05) is 0 Å². The minimum absolute atomic E-state index is 0. The second-order valence-electron chi connectivity index (χ2n) is 4.95. The quantitative estimate of drug-likeness (QED) is 0.807. The van der Waals surface area contributed by atoms with Crippen molar-refractivity contribution in [1.29, 1.82) is 0 Å². The number of hydrogen-bond acceptors (Lipinski definition) is 2. The van der Waals surface area contributed by atoms with Crippen molar-refractivity contribution >= 4 is 39.9 Å². The molecule has 2 atom stereocenters. The normalized spacial score (nSPS) is 21.8. The highest BCUT2D eigenvalue weighted by atomic mass is 79.9. The van der Waals surface area contributed by atoms with Crippen molar-refractivity contribution in [3.8, 4) is 0 Å². The first kappa shape index (κ1) is 18.3. The summed E-state index contributed by atoms with van der Waals surface area (Å²) >= 11 is 2.86. The summed E-state index contributed by atoms with van der Waals surface area (Å²) in [6.45, 7) is 0. The van der Waals surface area contributed by atoms with E-state index in [-0.39, 0.29) is 40.4 Å². The van der Waals surface area contributed by atoms with Crippen LogP contribution in [0.3, 0.4) is 0 Å². The molecule has 8 heteroatoms. The Bertz CT molecular complexity index is 525. The fraction of sp³-hybridized carbons (Fsp3) is 0.462. The number of rotatable bonds is 2. The topological polar surface area (TPSA) is 55.1 Å². The zero-order valence-corrected chi connectivity index (χ0v) is 13.3. The first-order chi connectivity index (χ1) is 9.27. The van der Waals surface area contributed by atoms with Crippen molar-refractivity contribution in [3.05, 3.63) is 28.2 Å². The van der Waals surface area contributed by atoms with Gasteiger partial charge in [-0.2, -0.15) is 13.2 Å². The summed E-state index contributed by atoms with van der Waals surface area (Å²) in [6.07, 6.45) is -2.44. The lowest BCUT2D eigenvalue weighted by Crippen LogP contribution is -2.23. The lowest BCUT2D eigenvalue weighted by atomic mass is 10.1. The summed E-state index contributed by atoms with van der Waals surface area (Å²) in [6, 6.07) is 3.64. The summed E-state index contributed by atoms with van der Waals surface area (Å²) < 4.78 is 38.2. The summed E-state index contributed by atoms with van der Waals surface area (Å²) in [5.41, 5.74) is 5.06. The van der Waals surface area contributed by atoms with E-state index in [0.717, 1.165) is 12.5 Å². The smallest absolute Gasteiger partial charge is 0.328 e. The van der Waals surface area contributed by atoms with Crippen molar-refractivity contribution in [2.24, 2.45) is 11.7 Å². The highest BCUT2D eigenvalue weighted by Gasteiger charge is 2.33. The SMILES string of the molecule is Cl.NC1CCC(C(=O)Nc2ccc(Br)c(C(F)(F)F)c2)C1. The van der Waals surface area contributed by atoms with Gasteiger partial charge in [0.25, 0.3) is 0 Å². The molecule has 21 heavy (non-hydrogen) atoms. The molecule has 2 rings (SSSR count). The number of halogens is 5. The van der Waals surface area contributed by atoms with Gasteiger partial charge in [-0.3, -0.25) is 4.79 Å². The standard InChI is InChI=1S/C13H14BrF3N2O.ClH/c14-11-4-3-9(6-10(11)13(15,16)17)19-12(20)7-1-2-8(18)5-7;/h3-4,6-8H,1-2,5,18H2,(H,19,20);1H. The molecule has 1 aromatic rings. The Kier molecular flexibility index (Phi) is 6.07. The summed E-state index contributed by atoms with van der Waals surface area (Å²) in [7, 11) is 0. The van der Waals surface area contributed by atoms with E-state index in [1.54, 1.807) is 0 Å². The molecule has 2 unspecified atom stereocenters. The van der Waals surface area contributed by atoms with E-state index in [2.05, 4.69) is 21.2 Å². The maximum Gasteiger partial charge on any atom is 0.417 e. The van der Waals surface area contributed by atoms with E-state index in [4.69, 9.17) is 5.73 Å². The first-order valence-electron chi connectivity index (χ1n) is 6.20. The third-order valence-corrected chi connectivity index (χ3v) is 4.07. The lowest BCUT2D eigenvalue weighted by molar-refractivity contribution is -0.138. The van der Waals surface area contributed by atoms with Gasteiger partial charge in [-0.15, -0.1) is 12.4 Å². The number of amides is 1. The van der Waals surface area contributed by atoms with Gasteiger partial charge in [-0.1, -0.05) is 15.9 Å². The summed E-state index contributed by atoms with van der Waals surface area (Å²) in [4.78, 5) is 11.9. The van der Waals surface area contributed by atoms with Gasteiger partial charge in [-0.05, 0) is 37.5 Å². The third-order valence-electron chi connectivity index (χ3n) is 3.38. The molecule has 0 aromatic heterocycles. The fourth-order valence-corrected chi connectivity index (χ4v) is 2.79. The number of nitrogens with two attached hydrogens (primary N) is 1. The largest absolute Gasteiger partial charge is 0.417 e. The lowest BCUT2D eigenvalue weighted by Gasteiger charge is -2.14. The number of hydrogen-bond donors (Lipinski definition) is 2. The van der Waals surface area contributed by atoms with Gasteiger partial charge in [0.15, 0.2) is 0 Å². The molecule has 118 valence electrons. The highest BCUT2D eigenvalue weighted by molar-refractivity contribution is 9.10. The van der Waals surface area contributed by atoms with Gasteiger partial charge in [0.2, 0.25) is 5.91 Å². The van der Waals surface area contributed by atoms with E-state index >= 15 is 0 Å². The number of nitrogens with one attached hydrogen (secondary N) is 1. The van der Waals surface area contributed by atoms with Crippen LogP contribution in [0, 0.1) is 5.92 Å². The van der Waals surface area contributed by atoms with Crippen molar-refractivity contribution in [1.82, 2.24) is 0 Å². The zero-order chi connectivity index (χ0) is 14.9. The Labute approximate surface area is 135 Å². The molecule has 1 aliphatic carbocycles. The molecule has 0 bridgehead atoms. The van der Waals surface area contributed by atoms with Crippen LogP contribution < -0.4 is 11.1 Å². The Balaban J connectivity index is 0.00000220. The molecule has 0 aliphatic heterocycles. The molecule has 1 aromatic carbocycles. The molecular formula is C13H15BrClF3N2O. The Morgan fingerprint density at radius 2 is 2.00 bits per heavy atom. The predicted molar refractivity (Wildman–Crippen MR) is 80.3 cm³/mol. The molecule has 1 fully saturated rings. The number of carbonyl (C=O) groups is 1. The number of benzene rings is 1. The molecule has 1 amide bonds. The van der Waals surface area contributed by atoms with Crippen LogP contribution in [-0.2, 0) is 11.0 Å². The van der Waals surface area contributed by atoms with Crippen molar-refractivity contribution < 1.29 is 18.0 Å². The molecular weight excluding hydrogens is 373 g/mol. The Morgan fingerprint density at radius 3 is 2.52 bits per heavy atom. The number of anilines is 1. The molecule has 0 radical (unpaired) electrons. The van der Waals surface area contributed by atoms with Crippen LogP contribution in [-0.4, -0.2) is 11.9 Å². The Hall–Kier alpha value is -0.790. The van der Waals surface area contributed by atoms with Crippen molar-refractivity contribution in [2.75, 3.05) is 5.32 Å². The van der Waals surface area contributed by atoms with Crippen molar-refractivity contribution in [3.63, 3.8) is 0 Å². The summed E-state index contributed by atoms with van der Waals surface area (Å²) in [5, 5.41) is 2.53. The van der Waals surface area contributed by atoms with Gasteiger partial charge in [0, 0.05) is 22.1 Å². The maximum atomic E-state index is 12.8. The molecule has 0 spiro atoms. The van der Waals surface area contributed by atoms with Gasteiger partial charge >= 0.3 is 6.18 Å². The van der Waals surface area contributed by atoms with Crippen LogP contribution in [0.1, 0.15) is 24.8 Å². The van der Waals surface area contributed by atoms with Crippen LogP contribution in [0.15, 0.2) is 22.7 Å². The second-order valence-corrected chi connectivity index (χ2v) is 5.81. The Morgan fingerprint density at radius 1 is 1.33 bits per heavy atom. The zero-order valence-electron chi connectivity index (χ0n) is 10.9. The van der Waals surface area contributed by atoms with Crippen LogP contribution in [0.25, 0.3) is 0 Å². The molecule has 1 saturated carbocycles. The van der Waals surface area contributed by atoms with E-state index in [9.17, 15) is 18.0 Å². The van der Waals surface area contributed by atoms with E-state index in [0.29, 0.717) is 12.8 Å². The van der Waals surface area contributed by atoms with Gasteiger partial charge < -0.3 is 11.1 Å². The average molecular weight is 388 g/mol. The minimum Gasteiger partial charge on any atom is -0.328 e. The van der Waals surface area contributed by atoms with Gasteiger partial charge in [0.1, 0.15) is 0 Å². The number of alkyl halides is 3. The first-order valence-corrected chi connectivity index (χ1v) is 7.00. The second kappa shape index (κ2) is 6.98. The van der Waals surface area contributed by atoms with E-state index in [1.165, 1.54) is 12.1 Å².